The van der Waals surface area contributed by atoms with E-state index in [-0.39, 0.29) is 16.9 Å². The van der Waals surface area contributed by atoms with Crippen LogP contribution in [0, 0.1) is 6.92 Å². The lowest BCUT2D eigenvalue weighted by molar-refractivity contribution is -0.145. The normalized spacial score (nSPS) is 12.6. The van der Waals surface area contributed by atoms with Crippen molar-refractivity contribution in [3.8, 4) is 5.69 Å². The molecule has 0 fully saturated rings. The summed E-state index contributed by atoms with van der Waals surface area (Å²) in [5.74, 6) is -1.23. The first kappa shape index (κ1) is 16.4. The fourth-order valence-electron chi connectivity index (χ4n) is 2.87. The molecule has 0 radical (unpaired) electrons. The molecule has 0 unspecified atom stereocenters. The molecule has 1 N–H and O–H groups in total. The first-order valence-corrected chi connectivity index (χ1v) is 7.44. The van der Waals surface area contributed by atoms with Crippen LogP contribution in [-0.4, -0.2) is 24.7 Å². The number of benzene rings is 1. The van der Waals surface area contributed by atoms with Crippen LogP contribution in [0.2, 0.25) is 0 Å². The van der Waals surface area contributed by atoms with Gasteiger partial charge in [0.15, 0.2) is 5.65 Å². The molecule has 134 valence electrons. The molecule has 3 heterocycles. The molecule has 4 aromatic rings. The highest BCUT2D eigenvalue weighted by molar-refractivity contribution is 5.85. The first-order valence-electron chi connectivity index (χ1n) is 7.44. The minimum Gasteiger partial charge on any atom is -0.278 e. The van der Waals surface area contributed by atoms with Gasteiger partial charge in [0, 0.05) is 5.39 Å². The number of imidazole rings is 1. The summed E-state index contributed by atoms with van der Waals surface area (Å²) in [4.78, 5) is 7.27. The van der Waals surface area contributed by atoms with Crippen LogP contribution in [0.4, 0.5) is 22.0 Å². The number of alkyl halides is 5. The Morgan fingerprint density at radius 3 is 2.58 bits per heavy atom. The average Bonchev–Trinajstić information content (AvgIpc) is 3.17. The molecule has 10 heteroatoms. The Morgan fingerprint density at radius 1 is 1.12 bits per heavy atom. The highest BCUT2D eigenvalue weighted by Gasteiger charge is 2.38. The Hall–Kier alpha value is -3.04. The molecule has 0 saturated carbocycles. The summed E-state index contributed by atoms with van der Waals surface area (Å²) >= 11 is 0. The third-order valence-corrected chi connectivity index (χ3v) is 3.99. The second kappa shape index (κ2) is 5.48. The largest absolute Gasteiger partial charge is 0.450 e. The van der Waals surface area contributed by atoms with E-state index in [0.717, 1.165) is 16.7 Å². The standard InChI is InChI=1S/C16H10F5N5/c1-7-4-9(5-8-6-22-25-12(7)8)26-14-11(24-15(26)16(19,20)21)3-2-10(23-14)13(17)18/h2-6,13H,1H3,(H,22,25). The summed E-state index contributed by atoms with van der Waals surface area (Å²) in [5.41, 5.74) is 0.422. The number of hydrogen-bond donors (Lipinski definition) is 1. The predicted octanol–water partition coefficient (Wildman–Crippen LogP) is 4.56. The highest BCUT2D eigenvalue weighted by Crippen LogP contribution is 2.35. The third-order valence-electron chi connectivity index (χ3n) is 3.99. The number of aryl methyl sites for hydroxylation is 1. The van der Waals surface area contributed by atoms with Crippen LogP contribution in [0.15, 0.2) is 30.5 Å². The van der Waals surface area contributed by atoms with Gasteiger partial charge in [-0.25, -0.2) is 18.7 Å². The molecule has 3 aromatic heterocycles. The molecular weight excluding hydrogens is 357 g/mol. The zero-order valence-corrected chi connectivity index (χ0v) is 13.1. The highest BCUT2D eigenvalue weighted by atomic mass is 19.4. The second-order valence-electron chi connectivity index (χ2n) is 5.75. The Labute approximate surface area is 142 Å². The van der Waals surface area contributed by atoms with E-state index in [1.54, 1.807) is 6.92 Å². The van der Waals surface area contributed by atoms with E-state index >= 15 is 0 Å². The van der Waals surface area contributed by atoms with E-state index in [0.29, 0.717) is 16.5 Å². The summed E-state index contributed by atoms with van der Waals surface area (Å²) in [6, 6.07) is 5.04. The van der Waals surface area contributed by atoms with Crippen LogP contribution in [0.3, 0.4) is 0 Å². The average molecular weight is 367 g/mol. The van der Waals surface area contributed by atoms with E-state index in [4.69, 9.17) is 0 Å². The summed E-state index contributed by atoms with van der Waals surface area (Å²) in [7, 11) is 0. The fourth-order valence-corrected chi connectivity index (χ4v) is 2.87. The monoisotopic (exact) mass is 367 g/mol. The fraction of sp³-hybridized carbons (Fsp3) is 0.188. The van der Waals surface area contributed by atoms with Crippen LogP contribution in [0.1, 0.15) is 23.5 Å². The lowest BCUT2D eigenvalue weighted by Crippen LogP contribution is -2.14. The number of rotatable bonds is 2. The number of hydrogen-bond acceptors (Lipinski definition) is 3. The van der Waals surface area contributed by atoms with Crippen molar-refractivity contribution in [2.75, 3.05) is 0 Å². The van der Waals surface area contributed by atoms with Gasteiger partial charge >= 0.3 is 6.18 Å². The maximum atomic E-state index is 13.5. The number of halogens is 5. The van der Waals surface area contributed by atoms with E-state index in [9.17, 15) is 22.0 Å². The molecule has 26 heavy (non-hydrogen) atoms. The van der Waals surface area contributed by atoms with E-state index in [1.165, 1.54) is 18.3 Å². The molecule has 0 spiro atoms. The van der Waals surface area contributed by atoms with Gasteiger partial charge in [-0.2, -0.15) is 18.3 Å². The van der Waals surface area contributed by atoms with Crippen LogP contribution in [0.5, 0.6) is 0 Å². The topological polar surface area (TPSA) is 59.4 Å². The SMILES string of the molecule is Cc1cc(-n2c(C(F)(F)F)nc3ccc(C(F)F)nc32)cc2cn[nH]c12. The summed E-state index contributed by atoms with van der Waals surface area (Å²) in [6.45, 7) is 1.70. The summed E-state index contributed by atoms with van der Waals surface area (Å²) < 4.78 is 67.2. The van der Waals surface area contributed by atoms with Gasteiger partial charge in [0.05, 0.1) is 17.4 Å². The van der Waals surface area contributed by atoms with Gasteiger partial charge in [0.25, 0.3) is 6.43 Å². The van der Waals surface area contributed by atoms with Crippen molar-refractivity contribution < 1.29 is 22.0 Å². The first-order chi connectivity index (χ1) is 12.3. The summed E-state index contributed by atoms with van der Waals surface area (Å²) in [6.07, 6.45) is -6.23. The van der Waals surface area contributed by atoms with Crippen molar-refractivity contribution in [2.45, 2.75) is 19.5 Å². The van der Waals surface area contributed by atoms with Crippen LogP contribution >= 0.6 is 0 Å². The Kier molecular flexibility index (Phi) is 3.46. The smallest absolute Gasteiger partial charge is 0.278 e. The van der Waals surface area contributed by atoms with Crippen molar-refractivity contribution in [3.63, 3.8) is 0 Å². The van der Waals surface area contributed by atoms with E-state index in [1.807, 2.05) is 0 Å². The summed E-state index contributed by atoms with van der Waals surface area (Å²) in [5, 5.41) is 7.21. The van der Waals surface area contributed by atoms with Crippen LogP contribution in [0.25, 0.3) is 27.8 Å². The number of nitrogens with one attached hydrogen (secondary N) is 1. The van der Waals surface area contributed by atoms with Gasteiger partial charge in [-0.05, 0) is 36.8 Å². The molecule has 0 amide bonds. The molecule has 4 rings (SSSR count). The van der Waals surface area contributed by atoms with Crippen LogP contribution in [-0.2, 0) is 6.18 Å². The van der Waals surface area contributed by atoms with Crippen molar-refractivity contribution in [3.05, 3.63) is 47.5 Å². The van der Waals surface area contributed by atoms with Gasteiger partial charge in [-0.1, -0.05) is 0 Å². The quantitative estimate of drug-likeness (QED) is 0.529. The molecule has 0 aliphatic carbocycles. The van der Waals surface area contributed by atoms with Gasteiger partial charge in [-0.3, -0.25) is 9.67 Å². The molecule has 0 aliphatic rings. The second-order valence-corrected chi connectivity index (χ2v) is 5.75. The van der Waals surface area contributed by atoms with E-state index < -0.39 is 24.1 Å². The molecular formula is C16H10F5N5. The third kappa shape index (κ3) is 2.49. The van der Waals surface area contributed by atoms with Crippen molar-refractivity contribution in [1.82, 2.24) is 24.7 Å². The number of nitrogens with zero attached hydrogens (tertiary/aromatic N) is 4. The van der Waals surface area contributed by atoms with Gasteiger partial charge < -0.3 is 0 Å². The number of H-pyrrole nitrogens is 1. The van der Waals surface area contributed by atoms with Crippen molar-refractivity contribution in [2.24, 2.45) is 0 Å². The van der Waals surface area contributed by atoms with Crippen LogP contribution < -0.4 is 0 Å². The minimum absolute atomic E-state index is 0.116. The number of fused-ring (bicyclic) bond motifs is 2. The molecule has 0 bridgehead atoms. The maximum Gasteiger partial charge on any atom is 0.450 e. The number of aromatic nitrogens is 5. The molecule has 0 atom stereocenters. The Morgan fingerprint density at radius 2 is 1.88 bits per heavy atom. The molecule has 0 saturated heterocycles. The van der Waals surface area contributed by atoms with Crippen molar-refractivity contribution >= 4 is 22.1 Å². The van der Waals surface area contributed by atoms with Crippen molar-refractivity contribution in [1.29, 1.82) is 0 Å². The maximum absolute atomic E-state index is 13.5. The minimum atomic E-state index is -4.79. The predicted molar refractivity (Wildman–Crippen MR) is 83.2 cm³/mol. The molecule has 5 nitrogen and oxygen atoms in total. The lowest BCUT2D eigenvalue weighted by atomic mass is 10.1. The number of aromatic amines is 1. The lowest BCUT2D eigenvalue weighted by Gasteiger charge is -2.12. The zero-order valence-electron chi connectivity index (χ0n) is 13.1. The zero-order chi connectivity index (χ0) is 18.6. The molecule has 0 aliphatic heterocycles. The molecule has 1 aromatic carbocycles. The van der Waals surface area contributed by atoms with E-state index in [2.05, 4.69) is 20.2 Å². The Balaban J connectivity index is 2.08. The Bertz CT molecular complexity index is 1130. The van der Waals surface area contributed by atoms with Gasteiger partial charge in [-0.15, -0.1) is 0 Å². The van der Waals surface area contributed by atoms with Gasteiger partial charge in [0.1, 0.15) is 11.2 Å². The van der Waals surface area contributed by atoms with Gasteiger partial charge in [0.2, 0.25) is 5.82 Å². The number of pyridine rings is 1.